The molecular formula is C12H17N3O3. The Bertz CT molecular complexity index is 418. The molecule has 1 N–H and O–H groups in total. The van der Waals surface area contributed by atoms with Crippen LogP contribution < -0.4 is 14.8 Å². The summed E-state index contributed by atoms with van der Waals surface area (Å²) in [7, 11) is 3.15. The van der Waals surface area contributed by atoms with Crippen LogP contribution in [0.4, 0.5) is 5.95 Å². The SMILES string of the molecule is COc1cc(OC)nc(NC2CC3CCC2O3)n1. The number of methoxy groups -OCH3 is 2. The minimum atomic E-state index is 0.288. The number of rotatable bonds is 4. The number of nitrogens with zero attached hydrogens (tertiary/aromatic N) is 2. The van der Waals surface area contributed by atoms with Crippen molar-refractivity contribution < 1.29 is 14.2 Å². The Morgan fingerprint density at radius 1 is 1.22 bits per heavy atom. The average molecular weight is 251 g/mol. The average Bonchev–Trinajstić information content (AvgIpc) is 3.00. The second kappa shape index (κ2) is 4.61. The Hall–Kier alpha value is -1.56. The minimum absolute atomic E-state index is 0.288. The fourth-order valence-electron chi connectivity index (χ4n) is 2.63. The van der Waals surface area contributed by atoms with Crippen LogP contribution in [0.3, 0.4) is 0 Å². The monoisotopic (exact) mass is 251 g/mol. The molecule has 0 amide bonds. The standard InChI is InChI=1S/C12H17N3O3/c1-16-10-6-11(17-2)15-12(14-10)13-8-5-7-3-4-9(8)18-7/h6-9H,3-5H2,1-2H3,(H,13,14,15). The highest BCUT2D eigenvalue weighted by Gasteiger charge is 2.41. The van der Waals surface area contributed by atoms with Crippen LogP contribution in [-0.2, 0) is 4.74 Å². The number of hydrogen-bond acceptors (Lipinski definition) is 6. The molecule has 3 atom stereocenters. The maximum atomic E-state index is 5.79. The zero-order valence-corrected chi connectivity index (χ0v) is 10.5. The van der Waals surface area contributed by atoms with E-state index in [0.717, 1.165) is 12.8 Å². The highest BCUT2D eigenvalue weighted by Crippen LogP contribution is 2.35. The third-order valence-electron chi connectivity index (χ3n) is 3.52. The number of nitrogens with one attached hydrogen (secondary N) is 1. The van der Waals surface area contributed by atoms with Gasteiger partial charge in [0.05, 0.1) is 38.5 Å². The van der Waals surface area contributed by atoms with Crippen molar-refractivity contribution in [3.8, 4) is 11.8 Å². The summed E-state index contributed by atoms with van der Waals surface area (Å²) in [6.45, 7) is 0. The van der Waals surface area contributed by atoms with Crippen molar-refractivity contribution in [1.29, 1.82) is 0 Å². The van der Waals surface area contributed by atoms with E-state index in [2.05, 4.69) is 15.3 Å². The maximum absolute atomic E-state index is 5.79. The summed E-state index contributed by atoms with van der Waals surface area (Å²) in [5.74, 6) is 1.52. The maximum Gasteiger partial charge on any atom is 0.229 e. The van der Waals surface area contributed by atoms with Gasteiger partial charge in [0.25, 0.3) is 0 Å². The molecule has 0 radical (unpaired) electrons. The normalized spacial score (nSPS) is 29.3. The van der Waals surface area contributed by atoms with Crippen LogP contribution >= 0.6 is 0 Å². The summed E-state index contributed by atoms with van der Waals surface area (Å²) in [4.78, 5) is 8.53. The van der Waals surface area contributed by atoms with E-state index in [1.54, 1.807) is 20.3 Å². The molecule has 2 bridgehead atoms. The first kappa shape index (κ1) is 11.5. The summed E-state index contributed by atoms with van der Waals surface area (Å²) in [6, 6.07) is 1.95. The van der Waals surface area contributed by atoms with Crippen LogP contribution in [0.1, 0.15) is 19.3 Å². The van der Waals surface area contributed by atoms with Crippen molar-refractivity contribution >= 4 is 5.95 Å². The van der Waals surface area contributed by atoms with E-state index in [-0.39, 0.29) is 6.10 Å². The second-order valence-electron chi connectivity index (χ2n) is 4.64. The molecule has 3 unspecified atom stereocenters. The molecule has 0 spiro atoms. The fraction of sp³-hybridized carbons (Fsp3) is 0.667. The molecule has 2 fully saturated rings. The topological polar surface area (TPSA) is 65.5 Å². The van der Waals surface area contributed by atoms with Crippen LogP contribution in [0.15, 0.2) is 6.07 Å². The molecule has 1 aromatic heterocycles. The Labute approximate surface area is 106 Å². The molecule has 2 aliphatic heterocycles. The Morgan fingerprint density at radius 2 is 1.94 bits per heavy atom. The lowest BCUT2D eigenvalue weighted by Gasteiger charge is -2.20. The molecule has 6 nitrogen and oxygen atoms in total. The first-order valence-electron chi connectivity index (χ1n) is 6.17. The number of ether oxygens (including phenoxy) is 3. The molecular weight excluding hydrogens is 234 g/mol. The van der Waals surface area contributed by atoms with E-state index in [1.165, 1.54) is 6.42 Å². The van der Waals surface area contributed by atoms with Crippen molar-refractivity contribution in [2.75, 3.05) is 19.5 Å². The number of anilines is 1. The van der Waals surface area contributed by atoms with Gasteiger partial charge in [-0.1, -0.05) is 0 Å². The van der Waals surface area contributed by atoms with Gasteiger partial charge in [0, 0.05) is 0 Å². The minimum Gasteiger partial charge on any atom is -0.481 e. The molecule has 3 heterocycles. The molecule has 0 saturated carbocycles. The lowest BCUT2D eigenvalue weighted by atomic mass is 9.96. The molecule has 0 aliphatic carbocycles. The van der Waals surface area contributed by atoms with Gasteiger partial charge < -0.3 is 19.5 Å². The summed E-state index contributed by atoms with van der Waals surface area (Å²) in [6.07, 6.45) is 4.00. The Morgan fingerprint density at radius 3 is 2.44 bits per heavy atom. The molecule has 18 heavy (non-hydrogen) atoms. The van der Waals surface area contributed by atoms with Gasteiger partial charge in [-0.2, -0.15) is 9.97 Å². The van der Waals surface area contributed by atoms with Crippen molar-refractivity contribution in [3.05, 3.63) is 6.07 Å². The molecule has 98 valence electrons. The zero-order valence-electron chi connectivity index (χ0n) is 10.5. The van der Waals surface area contributed by atoms with Gasteiger partial charge in [-0.05, 0) is 19.3 Å². The molecule has 6 heteroatoms. The Kier molecular flexibility index (Phi) is 2.95. The van der Waals surface area contributed by atoms with Crippen LogP contribution in [0.5, 0.6) is 11.8 Å². The van der Waals surface area contributed by atoms with E-state index in [1.807, 2.05) is 0 Å². The van der Waals surface area contributed by atoms with Crippen molar-refractivity contribution in [2.24, 2.45) is 0 Å². The summed E-state index contributed by atoms with van der Waals surface area (Å²) >= 11 is 0. The highest BCUT2D eigenvalue weighted by atomic mass is 16.5. The first-order chi connectivity index (χ1) is 8.78. The second-order valence-corrected chi connectivity index (χ2v) is 4.64. The first-order valence-corrected chi connectivity index (χ1v) is 6.17. The molecule has 1 aromatic rings. The zero-order chi connectivity index (χ0) is 12.5. The smallest absolute Gasteiger partial charge is 0.229 e. The van der Waals surface area contributed by atoms with Gasteiger partial charge in [-0.3, -0.25) is 0 Å². The van der Waals surface area contributed by atoms with Crippen molar-refractivity contribution in [1.82, 2.24) is 9.97 Å². The quantitative estimate of drug-likeness (QED) is 0.868. The van der Waals surface area contributed by atoms with Gasteiger partial charge in [-0.25, -0.2) is 0 Å². The summed E-state index contributed by atoms with van der Waals surface area (Å²) in [5, 5.41) is 3.31. The van der Waals surface area contributed by atoms with Gasteiger partial charge in [0.2, 0.25) is 17.7 Å². The number of fused-ring (bicyclic) bond motifs is 2. The fourth-order valence-corrected chi connectivity index (χ4v) is 2.63. The van der Waals surface area contributed by atoms with Gasteiger partial charge >= 0.3 is 0 Å². The van der Waals surface area contributed by atoms with Crippen LogP contribution in [0, 0.1) is 0 Å². The van der Waals surface area contributed by atoms with Crippen LogP contribution in [-0.4, -0.2) is 42.4 Å². The van der Waals surface area contributed by atoms with Gasteiger partial charge in [0.1, 0.15) is 0 Å². The molecule has 2 saturated heterocycles. The van der Waals surface area contributed by atoms with E-state index >= 15 is 0 Å². The number of hydrogen-bond donors (Lipinski definition) is 1. The van der Waals surface area contributed by atoms with E-state index in [0.29, 0.717) is 29.9 Å². The third kappa shape index (κ3) is 2.08. The number of aromatic nitrogens is 2. The lowest BCUT2D eigenvalue weighted by Crippen LogP contribution is -2.31. The van der Waals surface area contributed by atoms with Crippen molar-refractivity contribution in [3.63, 3.8) is 0 Å². The van der Waals surface area contributed by atoms with Gasteiger partial charge in [-0.15, -0.1) is 0 Å². The predicted octanol–water partition coefficient (Wildman–Crippen LogP) is 1.23. The third-order valence-corrected chi connectivity index (χ3v) is 3.52. The lowest BCUT2D eigenvalue weighted by molar-refractivity contribution is 0.102. The Balaban J connectivity index is 1.75. The van der Waals surface area contributed by atoms with Gasteiger partial charge in [0.15, 0.2) is 0 Å². The molecule has 3 rings (SSSR count). The highest BCUT2D eigenvalue weighted by molar-refractivity contribution is 5.35. The van der Waals surface area contributed by atoms with Crippen LogP contribution in [0.25, 0.3) is 0 Å². The predicted molar refractivity (Wildman–Crippen MR) is 65.1 cm³/mol. The summed E-state index contributed by atoms with van der Waals surface area (Å²) in [5.41, 5.74) is 0. The van der Waals surface area contributed by atoms with Crippen LogP contribution in [0.2, 0.25) is 0 Å². The largest absolute Gasteiger partial charge is 0.481 e. The van der Waals surface area contributed by atoms with Crippen molar-refractivity contribution in [2.45, 2.75) is 37.5 Å². The molecule has 0 aromatic carbocycles. The summed E-state index contributed by atoms with van der Waals surface area (Å²) < 4.78 is 16.0. The van der Waals surface area contributed by atoms with E-state index in [9.17, 15) is 0 Å². The molecule has 2 aliphatic rings. The van der Waals surface area contributed by atoms with E-state index in [4.69, 9.17) is 14.2 Å². The van der Waals surface area contributed by atoms with E-state index < -0.39 is 0 Å².